The van der Waals surface area contributed by atoms with Crippen molar-refractivity contribution in [1.29, 1.82) is 5.26 Å². The molecule has 0 aliphatic heterocycles. The van der Waals surface area contributed by atoms with Gasteiger partial charge in [0, 0.05) is 16.7 Å². The molecule has 0 unspecified atom stereocenters. The van der Waals surface area contributed by atoms with E-state index >= 15 is 0 Å². The fraction of sp³-hybridized carbons (Fsp3) is 0.0714. The Morgan fingerprint density at radius 2 is 1.89 bits per heavy atom. The molecule has 0 aromatic heterocycles. The molecule has 2 nitrogen and oxygen atoms in total. The van der Waals surface area contributed by atoms with E-state index in [1.165, 1.54) is 5.56 Å². The predicted molar refractivity (Wildman–Crippen MR) is 77.6 cm³/mol. The second-order valence-electron chi connectivity index (χ2n) is 3.79. The quantitative estimate of drug-likeness (QED) is 0.897. The summed E-state index contributed by atoms with van der Waals surface area (Å²) in [6.45, 7) is 0.708. The van der Waals surface area contributed by atoms with E-state index in [1.807, 2.05) is 30.3 Å². The number of hydrogen-bond donors (Lipinski definition) is 1. The van der Waals surface area contributed by atoms with Crippen molar-refractivity contribution < 1.29 is 0 Å². The van der Waals surface area contributed by atoms with Gasteiger partial charge in [-0.2, -0.15) is 5.26 Å². The fourth-order valence-electron chi connectivity index (χ4n) is 1.53. The van der Waals surface area contributed by atoms with Crippen molar-refractivity contribution in [2.24, 2.45) is 0 Å². The smallest absolute Gasteiger partial charge is 0.101 e. The topological polar surface area (TPSA) is 35.8 Å². The minimum atomic E-state index is 0.478. The Labute approximate surface area is 119 Å². The Morgan fingerprint density at radius 3 is 2.56 bits per heavy atom. The van der Waals surface area contributed by atoms with Crippen LogP contribution in [0.25, 0.3) is 0 Å². The lowest BCUT2D eigenvalue weighted by molar-refractivity contribution is 1.15. The summed E-state index contributed by atoms with van der Waals surface area (Å²) >= 11 is 9.27. The van der Waals surface area contributed by atoms with E-state index < -0.39 is 0 Å². The van der Waals surface area contributed by atoms with Gasteiger partial charge in [0.1, 0.15) is 6.07 Å². The van der Waals surface area contributed by atoms with Gasteiger partial charge in [-0.15, -0.1) is 0 Å². The molecule has 0 aliphatic rings. The van der Waals surface area contributed by atoms with Gasteiger partial charge in [0.2, 0.25) is 0 Å². The summed E-state index contributed by atoms with van der Waals surface area (Å²) in [6, 6.07) is 15.5. The zero-order chi connectivity index (χ0) is 13.0. The number of nitrogens with one attached hydrogen (secondary N) is 1. The molecule has 2 aromatic carbocycles. The van der Waals surface area contributed by atoms with Gasteiger partial charge >= 0.3 is 0 Å². The first-order valence-electron chi connectivity index (χ1n) is 5.37. The highest BCUT2D eigenvalue weighted by atomic mass is 79.9. The number of nitriles is 1. The molecular formula is C14H10BrClN2. The van der Waals surface area contributed by atoms with E-state index in [2.05, 4.69) is 27.3 Å². The molecule has 2 aromatic rings. The van der Waals surface area contributed by atoms with Crippen LogP contribution < -0.4 is 5.32 Å². The summed E-state index contributed by atoms with van der Waals surface area (Å²) in [5.41, 5.74) is 2.54. The molecule has 0 amide bonds. The highest BCUT2D eigenvalue weighted by Crippen LogP contribution is 2.20. The van der Waals surface area contributed by atoms with E-state index in [-0.39, 0.29) is 0 Å². The summed E-state index contributed by atoms with van der Waals surface area (Å²) < 4.78 is 1.06. The third-order valence-electron chi connectivity index (χ3n) is 2.50. The molecule has 0 saturated heterocycles. The van der Waals surface area contributed by atoms with Crippen LogP contribution in [0.1, 0.15) is 11.1 Å². The molecule has 1 N–H and O–H groups in total. The summed E-state index contributed by atoms with van der Waals surface area (Å²) in [7, 11) is 0. The van der Waals surface area contributed by atoms with Crippen molar-refractivity contribution in [3.63, 3.8) is 0 Å². The molecule has 18 heavy (non-hydrogen) atoms. The van der Waals surface area contributed by atoms with Crippen molar-refractivity contribution in [2.75, 3.05) is 5.32 Å². The van der Waals surface area contributed by atoms with Crippen molar-refractivity contribution >= 4 is 33.2 Å². The molecule has 0 aliphatic carbocycles. The Bertz CT molecular complexity index is 588. The van der Waals surface area contributed by atoms with Gasteiger partial charge in [-0.05, 0) is 35.9 Å². The average molecular weight is 322 g/mol. The van der Waals surface area contributed by atoms with Gasteiger partial charge in [-0.1, -0.05) is 39.7 Å². The SMILES string of the molecule is N#Cc1cc(NCc2ccc(Br)cc2)ccc1Cl. The Morgan fingerprint density at radius 1 is 1.17 bits per heavy atom. The molecule has 0 fully saturated rings. The maximum atomic E-state index is 8.89. The number of benzene rings is 2. The molecule has 4 heteroatoms. The summed E-state index contributed by atoms with van der Waals surface area (Å²) in [5.74, 6) is 0. The third kappa shape index (κ3) is 3.25. The molecular weight excluding hydrogens is 312 g/mol. The minimum Gasteiger partial charge on any atom is -0.381 e. The lowest BCUT2D eigenvalue weighted by atomic mass is 10.2. The summed E-state index contributed by atoms with van der Waals surface area (Å²) in [4.78, 5) is 0. The third-order valence-corrected chi connectivity index (χ3v) is 3.35. The lowest BCUT2D eigenvalue weighted by Gasteiger charge is -2.07. The summed E-state index contributed by atoms with van der Waals surface area (Å²) in [5, 5.41) is 12.6. The van der Waals surface area contributed by atoms with E-state index in [0.717, 1.165) is 10.2 Å². The molecule has 0 atom stereocenters. The van der Waals surface area contributed by atoms with Crippen LogP contribution in [0.2, 0.25) is 5.02 Å². The highest BCUT2D eigenvalue weighted by molar-refractivity contribution is 9.10. The normalized spacial score (nSPS) is 9.83. The minimum absolute atomic E-state index is 0.478. The summed E-state index contributed by atoms with van der Waals surface area (Å²) in [6.07, 6.45) is 0. The van der Waals surface area contributed by atoms with Crippen LogP contribution in [-0.2, 0) is 6.54 Å². The van der Waals surface area contributed by atoms with Crippen LogP contribution >= 0.6 is 27.5 Å². The molecule has 0 saturated carbocycles. The maximum Gasteiger partial charge on any atom is 0.101 e. The Kier molecular flexibility index (Phi) is 4.24. The van der Waals surface area contributed by atoms with Gasteiger partial charge in [-0.25, -0.2) is 0 Å². The standard InChI is InChI=1S/C14H10BrClN2/c15-12-3-1-10(2-4-12)9-18-13-5-6-14(16)11(7-13)8-17/h1-7,18H,9H2. The molecule has 0 heterocycles. The number of anilines is 1. The lowest BCUT2D eigenvalue weighted by Crippen LogP contribution is -1.99. The van der Waals surface area contributed by atoms with E-state index in [4.69, 9.17) is 16.9 Å². The predicted octanol–water partition coefficient (Wildman–Crippen LogP) is 4.59. The molecule has 0 radical (unpaired) electrons. The van der Waals surface area contributed by atoms with Gasteiger partial charge in [-0.3, -0.25) is 0 Å². The zero-order valence-corrected chi connectivity index (χ0v) is 11.8. The van der Waals surface area contributed by atoms with Crippen LogP contribution in [0, 0.1) is 11.3 Å². The van der Waals surface area contributed by atoms with Gasteiger partial charge in [0.25, 0.3) is 0 Å². The molecule has 2 rings (SSSR count). The molecule has 0 spiro atoms. The van der Waals surface area contributed by atoms with Crippen molar-refractivity contribution in [1.82, 2.24) is 0 Å². The van der Waals surface area contributed by atoms with Gasteiger partial charge in [0.15, 0.2) is 0 Å². The largest absolute Gasteiger partial charge is 0.381 e. The number of nitrogens with zero attached hydrogens (tertiary/aromatic N) is 1. The van der Waals surface area contributed by atoms with E-state index in [9.17, 15) is 0 Å². The van der Waals surface area contributed by atoms with Crippen LogP contribution in [0.5, 0.6) is 0 Å². The van der Waals surface area contributed by atoms with E-state index in [1.54, 1.807) is 12.1 Å². The van der Waals surface area contributed by atoms with Crippen molar-refractivity contribution in [2.45, 2.75) is 6.54 Å². The number of hydrogen-bond acceptors (Lipinski definition) is 2. The molecule has 0 bridgehead atoms. The number of halogens is 2. The first kappa shape index (κ1) is 12.9. The Balaban J connectivity index is 2.06. The van der Waals surface area contributed by atoms with E-state index in [0.29, 0.717) is 17.1 Å². The first-order chi connectivity index (χ1) is 8.69. The van der Waals surface area contributed by atoms with Gasteiger partial charge < -0.3 is 5.32 Å². The number of rotatable bonds is 3. The second-order valence-corrected chi connectivity index (χ2v) is 5.11. The van der Waals surface area contributed by atoms with Crippen LogP contribution in [0.15, 0.2) is 46.9 Å². The average Bonchev–Trinajstić information content (AvgIpc) is 2.39. The van der Waals surface area contributed by atoms with Crippen molar-refractivity contribution in [3.8, 4) is 6.07 Å². The maximum absolute atomic E-state index is 8.89. The van der Waals surface area contributed by atoms with Gasteiger partial charge in [0.05, 0.1) is 10.6 Å². The highest BCUT2D eigenvalue weighted by Gasteiger charge is 2.01. The first-order valence-corrected chi connectivity index (χ1v) is 6.54. The van der Waals surface area contributed by atoms with Crippen LogP contribution in [0.4, 0.5) is 5.69 Å². The fourth-order valence-corrected chi connectivity index (χ4v) is 1.95. The Hall–Kier alpha value is -1.50. The monoisotopic (exact) mass is 320 g/mol. The van der Waals surface area contributed by atoms with Crippen molar-refractivity contribution in [3.05, 3.63) is 63.1 Å². The van der Waals surface area contributed by atoms with Crippen LogP contribution in [0.3, 0.4) is 0 Å². The van der Waals surface area contributed by atoms with Crippen LogP contribution in [-0.4, -0.2) is 0 Å². The molecule has 90 valence electrons. The second kappa shape index (κ2) is 5.90. The zero-order valence-electron chi connectivity index (χ0n) is 9.45.